The molecule has 0 bridgehead atoms. The second-order valence-electron chi connectivity index (χ2n) is 0.447. The Labute approximate surface area is 71.8 Å². The summed E-state index contributed by atoms with van der Waals surface area (Å²) in [4.78, 5) is 0. The number of aliphatic hydroxyl groups excluding tert-OH is 2. The fraction of sp³-hybridized carbons (Fsp3) is 1.00. The molecule has 0 fully saturated rings. The molecule has 0 aromatic carbocycles. The molecule has 0 aromatic heterocycles. The van der Waals surface area contributed by atoms with E-state index in [1.165, 1.54) is 0 Å². The minimum Gasteiger partial charge on any atom is -0.394 e. The Balaban J connectivity index is -0.0000000450. The summed E-state index contributed by atoms with van der Waals surface area (Å²) in [5, 5.41) is 15.2. The van der Waals surface area contributed by atoms with Gasteiger partial charge in [-0.1, -0.05) is 0 Å². The first-order valence-electron chi connectivity index (χ1n) is 1.13. The van der Waals surface area contributed by atoms with E-state index in [9.17, 15) is 0 Å². The van der Waals surface area contributed by atoms with Gasteiger partial charge in [-0.15, -0.1) is 0 Å². The molecule has 0 heterocycles. The van der Waals surface area contributed by atoms with Crippen LogP contribution in [0.3, 0.4) is 0 Å². The van der Waals surface area contributed by atoms with Crippen LogP contribution < -0.4 is 0 Å². The molecule has 6 radical (unpaired) electrons. The van der Waals surface area contributed by atoms with Crippen LogP contribution in [0.2, 0.25) is 0 Å². The van der Waals surface area contributed by atoms with Crippen molar-refractivity contribution in [2.24, 2.45) is 0 Å². The van der Waals surface area contributed by atoms with Gasteiger partial charge in [0.25, 0.3) is 0 Å². The first-order valence-corrected chi connectivity index (χ1v) is 1.13. The summed E-state index contributed by atoms with van der Waals surface area (Å²) in [6, 6.07) is 0. The summed E-state index contributed by atoms with van der Waals surface area (Å²) >= 11 is 0. The number of aliphatic hydroxyl groups is 2. The zero-order chi connectivity index (χ0) is 3.41. The molecule has 0 amide bonds. The Morgan fingerprint density at radius 1 is 0.833 bits per heavy atom. The average Bonchev–Trinajstić information content (AvgIpc) is 1.37. The van der Waals surface area contributed by atoms with Crippen molar-refractivity contribution in [3.8, 4) is 0 Å². The van der Waals surface area contributed by atoms with E-state index >= 15 is 0 Å². The standard InChI is InChI=1S/C2H6O2.2Sb/c3-1-2-4;;/h3-4H,1-2H2;;. The van der Waals surface area contributed by atoms with Gasteiger partial charge >= 0.3 is 0 Å². The zero-order valence-electron chi connectivity index (χ0n) is 3.20. The fourth-order valence-electron chi connectivity index (χ4n) is 0. The van der Waals surface area contributed by atoms with Gasteiger partial charge in [-0.05, 0) is 0 Å². The molecule has 0 aromatic rings. The minimum absolute atomic E-state index is 0. The maximum atomic E-state index is 7.62. The van der Waals surface area contributed by atoms with Crippen molar-refractivity contribution in [3.05, 3.63) is 0 Å². The van der Waals surface area contributed by atoms with E-state index in [4.69, 9.17) is 10.2 Å². The number of hydrogen-bond donors (Lipinski definition) is 2. The Bertz CT molecular complexity index is 11.5. The zero-order valence-corrected chi connectivity index (χ0v) is 8.31. The van der Waals surface area contributed by atoms with Crippen LogP contribution in [0.25, 0.3) is 0 Å². The first kappa shape index (κ1) is 15.6. The van der Waals surface area contributed by atoms with E-state index in [0.29, 0.717) is 0 Å². The summed E-state index contributed by atoms with van der Waals surface area (Å²) in [5.74, 6) is 0. The van der Waals surface area contributed by atoms with Crippen molar-refractivity contribution in [2.75, 3.05) is 13.2 Å². The smallest absolute Gasteiger partial charge is 0.0662 e. The van der Waals surface area contributed by atoms with Gasteiger partial charge in [0.05, 0.1) is 13.2 Å². The Kier molecular flexibility index (Phi) is 41.7. The van der Waals surface area contributed by atoms with Crippen LogP contribution in [0, 0.1) is 0 Å². The molecule has 2 nitrogen and oxygen atoms in total. The molecule has 36 valence electrons. The maximum absolute atomic E-state index is 7.62. The van der Waals surface area contributed by atoms with Crippen LogP contribution >= 0.6 is 0 Å². The minimum atomic E-state index is -0.125. The van der Waals surface area contributed by atoms with Gasteiger partial charge < -0.3 is 10.2 Å². The molecule has 0 saturated carbocycles. The van der Waals surface area contributed by atoms with Crippen molar-refractivity contribution in [2.45, 2.75) is 0 Å². The predicted molar refractivity (Wildman–Crippen MR) is 25.7 cm³/mol. The number of rotatable bonds is 1. The van der Waals surface area contributed by atoms with Gasteiger partial charge in [0.15, 0.2) is 0 Å². The summed E-state index contributed by atoms with van der Waals surface area (Å²) in [6.45, 7) is -0.250. The molecule has 4 heteroatoms. The SMILES string of the molecule is OCCO.[Sb].[Sb]. The van der Waals surface area contributed by atoms with E-state index < -0.39 is 0 Å². The molecule has 6 heavy (non-hydrogen) atoms. The second-order valence-corrected chi connectivity index (χ2v) is 0.447. The molecule has 0 aliphatic heterocycles. The second kappa shape index (κ2) is 16.0. The topological polar surface area (TPSA) is 40.5 Å². The van der Waals surface area contributed by atoms with E-state index in [-0.39, 0.29) is 62.1 Å². The van der Waals surface area contributed by atoms with E-state index in [0.717, 1.165) is 0 Å². The molecule has 0 rings (SSSR count). The van der Waals surface area contributed by atoms with Crippen molar-refractivity contribution < 1.29 is 10.2 Å². The van der Waals surface area contributed by atoms with Crippen LogP contribution in [0.4, 0.5) is 0 Å². The third-order valence-electron chi connectivity index (χ3n) is 0.1000. The van der Waals surface area contributed by atoms with E-state index in [1.54, 1.807) is 0 Å². The van der Waals surface area contributed by atoms with Crippen LogP contribution in [0.1, 0.15) is 0 Å². The van der Waals surface area contributed by atoms with Crippen LogP contribution in [-0.4, -0.2) is 72.3 Å². The molecule has 0 spiro atoms. The van der Waals surface area contributed by atoms with E-state index in [1.807, 2.05) is 0 Å². The molecular formula is C2H6O2Sb2. The summed E-state index contributed by atoms with van der Waals surface area (Å²) in [6.07, 6.45) is 0. The fourth-order valence-corrected chi connectivity index (χ4v) is 0. The van der Waals surface area contributed by atoms with E-state index in [2.05, 4.69) is 0 Å². The Morgan fingerprint density at radius 2 is 1.00 bits per heavy atom. The maximum Gasteiger partial charge on any atom is 0.0662 e. The normalized spacial score (nSPS) is 5.00. The number of hydrogen-bond acceptors (Lipinski definition) is 2. The van der Waals surface area contributed by atoms with Gasteiger partial charge in [-0.25, -0.2) is 0 Å². The summed E-state index contributed by atoms with van der Waals surface area (Å²) in [5.41, 5.74) is 0. The van der Waals surface area contributed by atoms with Crippen LogP contribution in [0.15, 0.2) is 0 Å². The quantitative estimate of drug-likeness (QED) is 0.562. The first-order chi connectivity index (χ1) is 1.91. The van der Waals surface area contributed by atoms with Gasteiger partial charge in [0, 0.05) is 48.9 Å². The Hall–Kier alpha value is 1.56. The van der Waals surface area contributed by atoms with Crippen molar-refractivity contribution in [1.29, 1.82) is 0 Å². The monoisotopic (exact) mass is 304 g/mol. The van der Waals surface area contributed by atoms with Gasteiger partial charge in [0.1, 0.15) is 0 Å². The molecular weight excluding hydrogens is 300 g/mol. The Morgan fingerprint density at radius 3 is 1.00 bits per heavy atom. The molecule has 0 aliphatic rings. The van der Waals surface area contributed by atoms with Crippen molar-refractivity contribution in [3.63, 3.8) is 0 Å². The average molecular weight is 306 g/mol. The predicted octanol–water partition coefficient (Wildman–Crippen LogP) is -1.79. The largest absolute Gasteiger partial charge is 0.394 e. The van der Waals surface area contributed by atoms with Gasteiger partial charge in [-0.3, -0.25) is 0 Å². The molecule has 0 aliphatic carbocycles. The molecule has 2 N–H and O–H groups in total. The van der Waals surface area contributed by atoms with Crippen molar-refractivity contribution in [1.82, 2.24) is 0 Å². The summed E-state index contributed by atoms with van der Waals surface area (Å²) in [7, 11) is 0. The van der Waals surface area contributed by atoms with Crippen LogP contribution in [0.5, 0.6) is 0 Å². The van der Waals surface area contributed by atoms with Gasteiger partial charge in [-0.2, -0.15) is 0 Å². The third-order valence-corrected chi connectivity index (χ3v) is 0.1000. The molecule has 0 unspecified atom stereocenters. The third kappa shape index (κ3) is 17.7. The molecule has 0 saturated heterocycles. The van der Waals surface area contributed by atoms with Gasteiger partial charge in [0.2, 0.25) is 0 Å². The summed E-state index contributed by atoms with van der Waals surface area (Å²) < 4.78 is 0. The van der Waals surface area contributed by atoms with Crippen molar-refractivity contribution >= 4 is 48.9 Å². The van der Waals surface area contributed by atoms with Crippen LogP contribution in [-0.2, 0) is 0 Å². The molecule has 0 atom stereocenters.